The summed E-state index contributed by atoms with van der Waals surface area (Å²) in [7, 11) is 4.17. The van der Waals surface area contributed by atoms with Crippen LogP contribution in [-0.2, 0) is 14.4 Å². The third-order valence-electron chi connectivity index (χ3n) is 8.13. The second kappa shape index (κ2) is 9.42. The van der Waals surface area contributed by atoms with Crippen molar-refractivity contribution in [2.24, 2.45) is 11.8 Å². The van der Waals surface area contributed by atoms with Gasteiger partial charge in [0.1, 0.15) is 18.3 Å². The van der Waals surface area contributed by atoms with E-state index in [4.69, 9.17) is 0 Å². The Hall–Kier alpha value is -1.66. The Morgan fingerprint density at radius 1 is 1.32 bits per heavy atom. The Kier molecular flexibility index (Phi) is 7.05. The third kappa shape index (κ3) is 4.26. The molecule has 190 valence electrons. The zero-order valence-electron chi connectivity index (χ0n) is 20.3. The van der Waals surface area contributed by atoms with Crippen LogP contribution in [0.25, 0.3) is 0 Å². The zero-order valence-corrected chi connectivity index (χ0v) is 21.1. The Balaban J connectivity index is 1.39. The zero-order chi connectivity index (χ0) is 24.9. The molecule has 3 saturated heterocycles. The summed E-state index contributed by atoms with van der Waals surface area (Å²) in [6.07, 6.45) is 0.684. The van der Waals surface area contributed by atoms with Gasteiger partial charge >= 0.3 is 5.97 Å². The predicted octanol–water partition coefficient (Wildman–Crippen LogP) is -0.727. The molecule has 0 aromatic rings. The lowest BCUT2D eigenvalue weighted by Gasteiger charge is -2.46. The van der Waals surface area contributed by atoms with E-state index >= 15 is 0 Å². The van der Waals surface area contributed by atoms with Gasteiger partial charge in [0.15, 0.2) is 0 Å². The van der Waals surface area contributed by atoms with Crippen molar-refractivity contribution in [3.8, 4) is 0 Å². The second-order valence-electron chi connectivity index (χ2n) is 10.7. The van der Waals surface area contributed by atoms with Crippen LogP contribution < -0.4 is 5.32 Å². The summed E-state index contributed by atoms with van der Waals surface area (Å²) >= 11 is 1.46. The number of β-lactam (4-membered cyclic amide) rings is 1. The van der Waals surface area contributed by atoms with Gasteiger partial charge in [-0.05, 0) is 13.3 Å². The number of nitrogens with zero attached hydrogens (tertiary/aromatic N) is 3. The van der Waals surface area contributed by atoms with E-state index in [0.717, 1.165) is 6.42 Å². The number of aliphatic hydroxyl groups excluding tert-OH is 2. The summed E-state index contributed by atoms with van der Waals surface area (Å²) in [5.41, 5.74) is 0.0328. The van der Waals surface area contributed by atoms with E-state index in [1.807, 2.05) is 11.8 Å². The molecule has 0 aromatic carbocycles. The van der Waals surface area contributed by atoms with Crippen LogP contribution in [-0.4, -0.2) is 124 Å². The van der Waals surface area contributed by atoms with E-state index in [2.05, 4.69) is 19.4 Å². The number of hydrogen-bond acceptors (Lipinski definition) is 7. The Morgan fingerprint density at radius 3 is 2.65 bits per heavy atom. The molecule has 0 saturated carbocycles. The van der Waals surface area contributed by atoms with Crippen molar-refractivity contribution in [3.63, 3.8) is 0 Å². The van der Waals surface area contributed by atoms with E-state index in [1.165, 1.54) is 16.7 Å². The summed E-state index contributed by atoms with van der Waals surface area (Å²) in [5, 5.41) is 32.5. The normalized spacial score (nSPS) is 34.5. The quantitative estimate of drug-likeness (QED) is 0.255. The van der Waals surface area contributed by atoms with Crippen LogP contribution in [0.4, 0.5) is 0 Å². The Bertz CT molecular complexity index is 893. The molecule has 0 bridgehead atoms. The summed E-state index contributed by atoms with van der Waals surface area (Å²) in [4.78, 5) is 41.7. The average molecular weight is 498 g/mol. The number of amides is 2. The lowest BCUT2D eigenvalue weighted by atomic mass is 9.79. The lowest BCUT2D eigenvalue weighted by molar-refractivity contribution is -0.913. The molecule has 4 aliphatic rings. The first kappa shape index (κ1) is 25.4. The molecule has 7 atom stereocenters. The van der Waals surface area contributed by atoms with Crippen molar-refractivity contribution in [3.05, 3.63) is 10.6 Å². The second-order valence-corrected chi connectivity index (χ2v) is 12.0. The smallest absolute Gasteiger partial charge is 0.353 e. The molecule has 2 amide bonds. The fourth-order valence-electron chi connectivity index (χ4n) is 6.01. The number of likely N-dealkylation sites (tertiary alicyclic amines) is 1. The van der Waals surface area contributed by atoms with E-state index in [1.54, 1.807) is 6.92 Å². The summed E-state index contributed by atoms with van der Waals surface area (Å²) in [6.45, 7) is 6.23. The topological polar surface area (TPSA) is 130 Å². The van der Waals surface area contributed by atoms with Crippen LogP contribution in [0.3, 0.4) is 0 Å². The number of nitrogens with one attached hydrogen (secondary N) is 1. The van der Waals surface area contributed by atoms with Crippen molar-refractivity contribution in [2.75, 3.05) is 46.9 Å². The lowest BCUT2D eigenvalue weighted by Crippen LogP contribution is -2.63. The van der Waals surface area contributed by atoms with Crippen molar-refractivity contribution < 1.29 is 34.2 Å². The molecule has 0 radical (unpaired) electrons. The highest BCUT2D eigenvalue weighted by atomic mass is 32.2. The van der Waals surface area contributed by atoms with E-state index in [0.29, 0.717) is 48.0 Å². The van der Waals surface area contributed by atoms with E-state index in [-0.39, 0.29) is 47.4 Å². The van der Waals surface area contributed by atoms with Gasteiger partial charge in [0.05, 0.1) is 51.4 Å². The number of aliphatic carboxylic acids is 1. The maximum atomic E-state index is 13.2. The van der Waals surface area contributed by atoms with Gasteiger partial charge in [0.25, 0.3) is 0 Å². The summed E-state index contributed by atoms with van der Waals surface area (Å²) < 4.78 is 0.685. The number of carboxylic acid groups (broad SMARTS) is 1. The number of likely N-dealkylation sites (N-methyl/N-ethyl adjacent to an activating group) is 1. The molecule has 4 rings (SSSR count). The molecule has 10 nitrogen and oxygen atoms in total. The molecule has 0 aliphatic carbocycles. The number of aliphatic hydroxyl groups is 2. The van der Waals surface area contributed by atoms with Gasteiger partial charge in [-0.3, -0.25) is 9.59 Å². The first-order chi connectivity index (χ1) is 16.0. The molecule has 4 aliphatic heterocycles. The average Bonchev–Trinajstić information content (AvgIpc) is 3.46. The molecule has 3 fully saturated rings. The standard InChI is InChI=1S/C23H36N4O6S/c1-12-18-17(13(2)29)22(31)26(18)19(23(32)33)20(12)34-15-9-16(24-10-15)21(30)25-6-5-14(11-25)27(3,4)7-8-28/h12-18,24,28-29H,5-11H2,1-4H3/p+1/t12?,13?,14?,15?,16?,17?,18-/m1/s1. The minimum absolute atomic E-state index is 0.0274. The molecule has 34 heavy (non-hydrogen) atoms. The molecule has 4 heterocycles. The van der Waals surface area contributed by atoms with Crippen molar-refractivity contribution >= 4 is 29.5 Å². The van der Waals surface area contributed by atoms with Crippen LogP contribution in [0.2, 0.25) is 0 Å². The van der Waals surface area contributed by atoms with Gasteiger partial charge in [-0.15, -0.1) is 11.8 Å². The van der Waals surface area contributed by atoms with E-state index in [9.17, 15) is 29.7 Å². The number of hydrogen-bond donors (Lipinski definition) is 4. The first-order valence-corrected chi connectivity index (χ1v) is 13.0. The number of carbonyl (C=O) groups excluding carboxylic acids is 2. The SMILES string of the molecule is CC(O)C1C(=O)N2C(C(=O)O)=C(SC3CNC(C(=O)N4CCC([N+](C)(C)CCO)C4)C3)C(C)[C@H]12. The van der Waals surface area contributed by atoms with Gasteiger partial charge in [-0.25, -0.2) is 4.79 Å². The molecule has 11 heteroatoms. The number of thioether (sulfide) groups is 1. The maximum Gasteiger partial charge on any atom is 0.353 e. The fraction of sp³-hybridized carbons (Fsp3) is 0.783. The maximum absolute atomic E-state index is 13.2. The number of fused-ring (bicyclic) bond motifs is 1. The minimum atomic E-state index is -1.13. The molecule has 0 aromatic heterocycles. The Morgan fingerprint density at radius 2 is 2.03 bits per heavy atom. The highest BCUT2D eigenvalue weighted by Gasteiger charge is 2.60. The molecular formula is C23H37N4O6S+. The first-order valence-electron chi connectivity index (χ1n) is 12.1. The third-order valence-corrected chi connectivity index (χ3v) is 9.64. The number of carboxylic acids is 1. The summed E-state index contributed by atoms with van der Waals surface area (Å²) in [5.74, 6) is -2.12. The number of rotatable bonds is 8. The van der Waals surface area contributed by atoms with Crippen LogP contribution in [0, 0.1) is 11.8 Å². The van der Waals surface area contributed by atoms with Crippen LogP contribution in [0.15, 0.2) is 10.6 Å². The molecule has 4 N–H and O–H groups in total. The van der Waals surface area contributed by atoms with Gasteiger partial charge < -0.3 is 34.9 Å². The molecule has 0 spiro atoms. The van der Waals surface area contributed by atoms with Gasteiger partial charge in [-0.1, -0.05) is 6.92 Å². The van der Waals surface area contributed by atoms with Crippen molar-refractivity contribution in [1.29, 1.82) is 0 Å². The Labute approximate surface area is 204 Å². The number of carbonyl (C=O) groups is 3. The van der Waals surface area contributed by atoms with Crippen molar-refractivity contribution in [1.82, 2.24) is 15.1 Å². The number of quaternary nitrogens is 1. The van der Waals surface area contributed by atoms with Gasteiger partial charge in [-0.2, -0.15) is 0 Å². The van der Waals surface area contributed by atoms with Crippen LogP contribution in [0.5, 0.6) is 0 Å². The van der Waals surface area contributed by atoms with Crippen LogP contribution in [0.1, 0.15) is 26.7 Å². The predicted molar refractivity (Wildman–Crippen MR) is 126 cm³/mol. The largest absolute Gasteiger partial charge is 0.477 e. The monoisotopic (exact) mass is 497 g/mol. The van der Waals surface area contributed by atoms with Crippen LogP contribution >= 0.6 is 11.8 Å². The highest BCUT2D eigenvalue weighted by molar-refractivity contribution is 8.03. The molecule has 6 unspecified atom stereocenters. The van der Waals surface area contributed by atoms with Gasteiger partial charge in [0.2, 0.25) is 11.8 Å². The fourth-order valence-corrected chi connectivity index (χ4v) is 7.49. The summed E-state index contributed by atoms with van der Waals surface area (Å²) in [6, 6.07) is -0.330. The minimum Gasteiger partial charge on any atom is -0.477 e. The molecular weight excluding hydrogens is 460 g/mol. The van der Waals surface area contributed by atoms with Crippen molar-refractivity contribution in [2.45, 2.75) is 56.2 Å². The highest BCUT2D eigenvalue weighted by Crippen LogP contribution is 2.51. The van der Waals surface area contributed by atoms with E-state index < -0.39 is 18.0 Å². The van der Waals surface area contributed by atoms with Gasteiger partial charge in [0, 0.05) is 35.6 Å².